The Morgan fingerprint density at radius 1 is 1.28 bits per heavy atom. The lowest BCUT2D eigenvalue weighted by atomic mass is 9.88. The van der Waals surface area contributed by atoms with Crippen molar-refractivity contribution in [3.8, 4) is 0 Å². The highest BCUT2D eigenvalue weighted by Crippen LogP contribution is 2.28. The fourth-order valence-corrected chi connectivity index (χ4v) is 3.77. The van der Waals surface area contributed by atoms with E-state index in [-0.39, 0.29) is 11.8 Å². The van der Waals surface area contributed by atoms with E-state index in [1.54, 1.807) is 0 Å². The zero-order valence-electron chi connectivity index (χ0n) is 14.8. The molecule has 0 saturated heterocycles. The first-order valence-electron chi connectivity index (χ1n) is 8.87. The van der Waals surface area contributed by atoms with Crippen LogP contribution < -0.4 is 0 Å². The van der Waals surface area contributed by atoms with Crippen LogP contribution in [0.4, 0.5) is 0 Å². The average molecular weight is 333 g/mol. The molecule has 1 aliphatic carbocycles. The first-order chi connectivity index (χ1) is 12.1. The second-order valence-electron chi connectivity index (χ2n) is 7.06. The number of aryl methyl sites for hydroxylation is 2. The molecule has 1 atom stereocenters. The minimum Gasteiger partial charge on any atom is -0.341 e. The summed E-state index contributed by atoms with van der Waals surface area (Å²) in [7, 11) is 1.91. The summed E-state index contributed by atoms with van der Waals surface area (Å²) in [6.45, 7) is 2.74. The van der Waals surface area contributed by atoms with Crippen LogP contribution in [-0.4, -0.2) is 27.2 Å². The monoisotopic (exact) mass is 333 g/mol. The SMILES string of the molecule is Cc1ccn2c3c(nc2c1)CCC(C(=O)N(C)Cc1ccccc1)C3. The summed E-state index contributed by atoms with van der Waals surface area (Å²) in [4.78, 5) is 19.5. The van der Waals surface area contributed by atoms with Crippen LogP contribution >= 0.6 is 0 Å². The van der Waals surface area contributed by atoms with Gasteiger partial charge in [-0.05, 0) is 43.0 Å². The molecule has 0 N–H and O–H groups in total. The number of carbonyl (C=O) groups excluding carboxylic acids is 1. The highest BCUT2D eigenvalue weighted by atomic mass is 16.2. The number of hydrogen-bond donors (Lipinski definition) is 0. The van der Waals surface area contributed by atoms with Gasteiger partial charge in [0.1, 0.15) is 5.65 Å². The van der Waals surface area contributed by atoms with E-state index in [2.05, 4.69) is 41.8 Å². The van der Waals surface area contributed by atoms with E-state index >= 15 is 0 Å². The number of aromatic nitrogens is 2. The molecule has 0 fully saturated rings. The zero-order valence-corrected chi connectivity index (χ0v) is 14.8. The maximum atomic E-state index is 12.9. The largest absolute Gasteiger partial charge is 0.341 e. The molecule has 4 nitrogen and oxygen atoms in total. The van der Waals surface area contributed by atoms with Gasteiger partial charge in [0.05, 0.1) is 5.69 Å². The van der Waals surface area contributed by atoms with Gasteiger partial charge in [-0.2, -0.15) is 0 Å². The summed E-state index contributed by atoms with van der Waals surface area (Å²) in [6.07, 6.45) is 4.62. The number of rotatable bonds is 3. The summed E-state index contributed by atoms with van der Waals surface area (Å²) < 4.78 is 2.15. The van der Waals surface area contributed by atoms with Gasteiger partial charge < -0.3 is 9.30 Å². The first kappa shape index (κ1) is 15.9. The predicted octanol–water partition coefficient (Wildman–Crippen LogP) is 3.41. The summed E-state index contributed by atoms with van der Waals surface area (Å²) in [5.41, 5.74) is 5.73. The molecule has 1 aromatic carbocycles. The van der Waals surface area contributed by atoms with Gasteiger partial charge in [-0.15, -0.1) is 0 Å². The molecule has 0 radical (unpaired) electrons. The van der Waals surface area contributed by atoms with Crippen LogP contribution in [0.15, 0.2) is 48.7 Å². The molecule has 1 unspecified atom stereocenters. The number of nitrogens with zero attached hydrogens (tertiary/aromatic N) is 3. The van der Waals surface area contributed by atoms with Gasteiger partial charge >= 0.3 is 0 Å². The molecule has 2 heterocycles. The number of amides is 1. The van der Waals surface area contributed by atoms with Gasteiger partial charge in [0, 0.05) is 37.8 Å². The molecular weight excluding hydrogens is 310 g/mol. The van der Waals surface area contributed by atoms with Crippen LogP contribution in [-0.2, 0) is 24.2 Å². The van der Waals surface area contributed by atoms with Crippen molar-refractivity contribution in [1.82, 2.24) is 14.3 Å². The van der Waals surface area contributed by atoms with Crippen LogP contribution in [0.3, 0.4) is 0 Å². The average Bonchev–Trinajstić information content (AvgIpc) is 2.98. The minimum atomic E-state index is 0.0439. The van der Waals surface area contributed by atoms with Crippen molar-refractivity contribution in [2.24, 2.45) is 5.92 Å². The van der Waals surface area contributed by atoms with Gasteiger partial charge in [-0.1, -0.05) is 30.3 Å². The summed E-state index contributed by atoms with van der Waals surface area (Å²) in [5, 5.41) is 0. The van der Waals surface area contributed by atoms with Crippen molar-refractivity contribution >= 4 is 11.6 Å². The molecule has 0 bridgehead atoms. The second-order valence-corrected chi connectivity index (χ2v) is 7.06. The fraction of sp³-hybridized carbons (Fsp3) is 0.333. The van der Waals surface area contributed by atoms with Gasteiger partial charge in [-0.3, -0.25) is 4.79 Å². The normalized spacial score (nSPS) is 16.6. The molecule has 0 aliphatic heterocycles. The molecule has 1 amide bonds. The lowest BCUT2D eigenvalue weighted by molar-refractivity contribution is -0.135. The van der Waals surface area contributed by atoms with E-state index in [9.17, 15) is 4.79 Å². The third-order valence-corrected chi connectivity index (χ3v) is 5.12. The Bertz CT molecular complexity index is 914. The third kappa shape index (κ3) is 3.04. The topological polar surface area (TPSA) is 37.6 Å². The molecule has 3 aromatic rings. The maximum Gasteiger partial charge on any atom is 0.226 e. The standard InChI is InChI=1S/C21H23N3O/c1-15-10-11-24-19-13-17(8-9-18(19)22-20(24)12-15)21(25)23(2)14-16-6-4-3-5-7-16/h3-7,10-12,17H,8-9,13-14H2,1-2H3. The molecule has 4 rings (SSSR count). The van der Waals surface area contributed by atoms with Crippen molar-refractivity contribution < 1.29 is 4.79 Å². The van der Waals surface area contributed by atoms with E-state index in [0.29, 0.717) is 6.54 Å². The second kappa shape index (κ2) is 6.36. The van der Waals surface area contributed by atoms with Crippen LogP contribution in [0, 0.1) is 12.8 Å². The molecular formula is C21H23N3O. The van der Waals surface area contributed by atoms with Crippen molar-refractivity contribution in [2.45, 2.75) is 32.7 Å². The van der Waals surface area contributed by atoms with E-state index in [0.717, 1.165) is 30.6 Å². The summed E-state index contributed by atoms with van der Waals surface area (Å²) >= 11 is 0. The van der Waals surface area contributed by atoms with Gasteiger partial charge in [-0.25, -0.2) is 4.98 Å². The molecule has 4 heteroatoms. The quantitative estimate of drug-likeness (QED) is 0.737. The molecule has 128 valence electrons. The third-order valence-electron chi connectivity index (χ3n) is 5.12. The number of benzene rings is 1. The van der Waals surface area contributed by atoms with Crippen LogP contribution in [0.2, 0.25) is 0 Å². The van der Waals surface area contributed by atoms with Gasteiger partial charge in [0.25, 0.3) is 0 Å². The lowest BCUT2D eigenvalue weighted by Gasteiger charge is -2.26. The number of pyridine rings is 1. The zero-order chi connectivity index (χ0) is 17.4. The van der Waals surface area contributed by atoms with Crippen molar-refractivity contribution in [1.29, 1.82) is 0 Å². The minimum absolute atomic E-state index is 0.0439. The fourth-order valence-electron chi connectivity index (χ4n) is 3.77. The Hall–Kier alpha value is -2.62. The molecule has 1 aliphatic rings. The van der Waals surface area contributed by atoms with Crippen LogP contribution in [0.1, 0.15) is 28.9 Å². The highest BCUT2D eigenvalue weighted by molar-refractivity contribution is 5.79. The Kier molecular flexibility index (Phi) is 4.04. The number of fused-ring (bicyclic) bond motifs is 3. The van der Waals surface area contributed by atoms with Crippen molar-refractivity contribution in [2.75, 3.05) is 7.05 Å². The Balaban J connectivity index is 1.53. The predicted molar refractivity (Wildman–Crippen MR) is 98.4 cm³/mol. The van der Waals surface area contributed by atoms with Gasteiger partial charge in [0.2, 0.25) is 5.91 Å². The number of carbonyl (C=O) groups is 1. The van der Waals surface area contributed by atoms with E-state index in [1.807, 2.05) is 30.1 Å². The van der Waals surface area contributed by atoms with Crippen LogP contribution in [0.25, 0.3) is 5.65 Å². The maximum absolute atomic E-state index is 12.9. The van der Waals surface area contributed by atoms with Gasteiger partial charge in [0.15, 0.2) is 0 Å². The Morgan fingerprint density at radius 2 is 2.08 bits per heavy atom. The van der Waals surface area contributed by atoms with Crippen molar-refractivity contribution in [3.63, 3.8) is 0 Å². The Labute approximate surface area is 148 Å². The van der Waals surface area contributed by atoms with E-state index < -0.39 is 0 Å². The van der Waals surface area contributed by atoms with E-state index in [4.69, 9.17) is 4.98 Å². The number of hydrogen-bond acceptors (Lipinski definition) is 2. The lowest BCUT2D eigenvalue weighted by Crippen LogP contribution is -2.35. The molecule has 25 heavy (non-hydrogen) atoms. The summed E-state index contributed by atoms with van der Waals surface area (Å²) in [5.74, 6) is 0.277. The van der Waals surface area contributed by atoms with Crippen LogP contribution in [0.5, 0.6) is 0 Å². The smallest absolute Gasteiger partial charge is 0.226 e. The first-order valence-corrected chi connectivity index (χ1v) is 8.87. The highest BCUT2D eigenvalue weighted by Gasteiger charge is 2.29. The van der Waals surface area contributed by atoms with Crippen molar-refractivity contribution in [3.05, 3.63) is 71.2 Å². The molecule has 0 spiro atoms. The Morgan fingerprint density at radius 3 is 2.88 bits per heavy atom. The molecule has 0 saturated carbocycles. The number of imidazole rings is 1. The summed E-state index contributed by atoms with van der Waals surface area (Å²) in [6, 6.07) is 14.4. The van der Waals surface area contributed by atoms with E-state index in [1.165, 1.54) is 16.8 Å². The molecule has 2 aromatic heterocycles.